The minimum atomic E-state index is -1.07. The Kier molecular flexibility index (Phi) is 3.82. The van der Waals surface area contributed by atoms with Crippen LogP contribution >= 0.6 is 0 Å². The molecule has 0 saturated carbocycles. The van der Waals surface area contributed by atoms with Gasteiger partial charge in [-0.1, -0.05) is 0 Å². The largest absolute Gasteiger partial charge is 0.397 e. The topological polar surface area (TPSA) is 105 Å². The van der Waals surface area contributed by atoms with Gasteiger partial charge < -0.3 is 21.7 Å². The van der Waals surface area contributed by atoms with Gasteiger partial charge in [-0.15, -0.1) is 0 Å². The van der Waals surface area contributed by atoms with E-state index in [0.29, 0.717) is 24.3 Å². The van der Waals surface area contributed by atoms with Gasteiger partial charge in [0.25, 0.3) is 0 Å². The maximum absolute atomic E-state index is 9.65. The van der Waals surface area contributed by atoms with Gasteiger partial charge in [-0.25, -0.2) is 0 Å². The lowest BCUT2D eigenvalue weighted by atomic mass is 10.1. The molecular formula is C9H15N3O2. The molecule has 0 aliphatic heterocycles. The van der Waals surface area contributed by atoms with Crippen molar-refractivity contribution in [2.45, 2.75) is 18.6 Å². The summed E-state index contributed by atoms with van der Waals surface area (Å²) in [6.07, 6.45) is -0.154. The molecule has 0 aliphatic rings. The quantitative estimate of drug-likeness (QED) is 0.516. The molecule has 2 atom stereocenters. The Morgan fingerprint density at radius 3 is 2.71 bits per heavy atom. The van der Waals surface area contributed by atoms with Crippen molar-refractivity contribution in [2.75, 3.05) is 12.3 Å². The number of nitrogens with zero attached hydrogens (tertiary/aromatic N) is 1. The molecule has 0 radical (unpaired) electrons. The highest BCUT2D eigenvalue weighted by atomic mass is 16.3. The number of aromatic nitrogens is 1. The predicted molar refractivity (Wildman–Crippen MR) is 53.3 cm³/mol. The standard InChI is InChI=1S/C9H15N3O2/c10-4-3-7(13)9(14)8-6(11)2-1-5-12-8/h1-2,5,7,9,13-14H,3-4,10-11H2. The van der Waals surface area contributed by atoms with Crippen LogP contribution in [0.15, 0.2) is 18.3 Å². The number of hydrogen-bond acceptors (Lipinski definition) is 5. The molecule has 0 spiro atoms. The van der Waals surface area contributed by atoms with Crippen molar-refractivity contribution in [2.24, 2.45) is 5.73 Å². The molecule has 0 saturated heterocycles. The molecule has 1 aromatic rings. The Hall–Kier alpha value is -1.17. The number of nitrogen functional groups attached to an aromatic ring is 1. The average Bonchev–Trinajstić information content (AvgIpc) is 2.18. The molecule has 0 fully saturated rings. The lowest BCUT2D eigenvalue weighted by molar-refractivity contribution is 0.0130. The molecule has 0 amide bonds. The molecule has 2 unspecified atom stereocenters. The fourth-order valence-corrected chi connectivity index (χ4v) is 1.19. The summed E-state index contributed by atoms with van der Waals surface area (Å²) >= 11 is 0. The molecule has 1 rings (SSSR count). The van der Waals surface area contributed by atoms with Crippen LogP contribution in [0, 0.1) is 0 Å². The molecule has 6 N–H and O–H groups in total. The van der Waals surface area contributed by atoms with Crippen LogP contribution in [-0.2, 0) is 0 Å². The van der Waals surface area contributed by atoms with Gasteiger partial charge >= 0.3 is 0 Å². The lowest BCUT2D eigenvalue weighted by Crippen LogP contribution is -2.23. The lowest BCUT2D eigenvalue weighted by Gasteiger charge is -2.17. The second-order valence-corrected chi connectivity index (χ2v) is 3.07. The minimum Gasteiger partial charge on any atom is -0.397 e. The van der Waals surface area contributed by atoms with E-state index in [-0.39, 0.29) is 0 Å². The Morgan fingerprint density at radius 1 is 1.43 bits per heavy atom. The highest BCUT2D eigenvalue weighted by Gasteiger charge is 2.20. The van der Waals surface area contributed by atoms with Crippen molar-refractivity contribution in [3.8, 4) is 0 Å². The van der Waals surface area contributed by atoms with Gasteiger partial charge in [0.15, 0.2) is 0 Å². The summed E-state index contributed by atoms with van der Waals surface area (Å²) in [4.78, 5) is 3.91. The SMILES string of the molecule is NCCC(O)C(O)c1ncccc1N. The number of anilines is 1. The zero-order chi connectivity index (χ0) is 10.6. The van der Waals surface area contributed by atoms with Crippen molar-refractivity contribution in [1.82, 2.24) is 4.98 Å². The van der Waals surface area contributed by atoms with E-state index in [1.54, 1.807) is 12.1 Å². The molecule has 78 valence electrons. The summed E-state index contributed by atoms with van der Waals surface area (Å²) in [6, 6.07) is 3.29. The summed E-state index contributed by atoms with van der Waals surface area (Å²) in [5, 5.41) is 19.1. The predicted octanol–water partition coefficient (Wildman–Crippen LogP) is -0.593. The van der Waals surface area contributed by atoms with Crippen molar-refractivity contribution in [1.29, 1.82) is 0 Å². The Bertz CT molecular complexity index is 293. The van der Waals surface area contributed by atoms with Gasteiger partial charge in [-0.2, -0.15) is 0 Å². The van der Waals surface area contributed by atoms with Crippen LogP contribution in [0.25, 0.3) is 0 Å². The molecule has 14 heavy (non-hydrogen) atoms. The van der Waals surface area contributed by atoms with Crippen molar-refractivity contribution in [3.63, 3.8) is 0 Å². The van der Waals surface area contributed by atoms with E-state index < -0.39 is 12.2 Å². The number of hydrogen-bond donors (Lipinski definition) is 4. The van der Waals surface area contributed by atoms with Crippen LogP contribution in [0.4, 0.5) is 5.69 Å². The second-order valence-electron chi connectivity index (χ2n) is 3.07. The third kappa shape index (κ3) is 2.41. The maximum atomic E-state index is 9.65. The van der Waals surface area contributed by atoms with Crippen LogP contribution in [0.5, 0.6) is 0 Å². The third-order valence-electron chi connectivity index (χ3n) is 1.98. The van der Waals surface area contributed by atoms with Gasteiger partial charge in [0.2, 0.25) is 0 Å². The van der Waals surface area contributed by atoms with Crippen LogP contribution in [0.2, 0.25) is 0 Å². The first-order chi connectivity index (χ1) is 6.66. The Labute approximate surface area is 82.4 Å². The van der Waals surface area contributed by atoms with Crippen LogP contribution in [0.3, 0.4) is 0 Å². The second kappa shape index (κ2) is 4.90. The number of pyridine rings is 1. The molecule has 1 aromatic heterocycles. The van der Waals surface area contributed by atoms with E-state index in [1.807, 2.05) is 0 Å². The van der Waals surface area contributed by atoms with Crippen LogP contribution in [-0.4, -0.2) is 27.8 Å². The normalized spacial score (nSPS) is 15.1. The minimum absolute atomic E-state index is 0.299. The summed E-state index contributed by atoms with van der Waals surface area (Å²) in [5.41, 5.74) is 11.5. The molecule has 5 nitrogen and oxygen atoms in total. The first-order valence-corrected chi connectivity index (χ1v) is 4.43. The van der Waals surface area contributed by atoms with E-state index >= 15 is 0 Å². The zero-order valence-corrected chi connectivity index (χ0v) is 7.80. The van der Waals surface area contributed by atoms with Crippen LogP contribution in [0.1, 0.15) is 18.2 Å². The first kappa shape index (κ1) is 10.9. The maximum Gasteiger partial charge on any atom is 0.124 e. The average molecular weight is 197 g/mol. The fraction of sp³-hybridized carbons (Fsp3) is 0.444. The molecular weight excluding hydrogens is 182 g/mol. The number of aliphatic hydroxyl groups is 2. The first-order valence-electron chi connectivity index (χ1n) is 4.43. The van der Waals surface area contributed by atoms with Crippen molar-refractivity contribution < 1.29 is 10.2 Å². The zero-order valence-electron chi connectivity index (χ0n) is 7.80. The van der Waals surface area contributed by atoms with Gasteiger partial charge in [-0.3, -0.25) is 4.98 Å². The number of nitrogens with two attached hydrogens (primary N) is 2. The smallest absolute Gasteiger partial charge is 0.124 e. The van der Waals surface area contributed by atoms with Crippen molar-refractivity contribution in [3.05, 3.63) is 24.0 Å². The van der Waals surface area contributed by atoms with E-state index in [0.717, 1.165) is 0 Å². The molecule has 5 heteroatoms. The number of aliphatic hydroxyl groups excluding tert-OH is 2. The summed E-state index contributed by atoms with van der Waals surface area (Å²) in [6.45, 7) is 0.310. The van der Waals surface area contributed by atoms with Gasteiger partial charge in [0.1, 0.15) is 6.10 Å². The van der Waals surface area contributed by atoms with E-state index in [2.05, 4.69) is 4.98 Å². The van der Waals surface area contributed by atoms with E-state index in [9.17, 15) is 10.2 Å². The van der Waals surface area contributed by atoms with E-state index in [1.165, 1.54) is 6.20 Å². The van der Waals surface area contributed by atoms with E-state index in [4.69, 9.17) is 11.5 Å². The highest BCUT2D eigenvalue weighted by molar-refractivity contribution is 5.43. The summed E-state index contributed by atoms with van der Waals surface area (Å²) in [7, 11) is 0. The van der Waals surface area contributed by atoms with Crippen LogP contribution < -0.4 is 11.5 Å². The Balaban J connectivity index is 2.78. The summed E-state index contributed by atoms with van der Waals surface area (Å²) < 4.78 is 0. The van der Waals surface area contributed by atoms with Gasteiger partial charge in [0.05, 0.1) is 17.5 Å². The van der Waals surface area contributed by atoms with Gasteiger partial charge in [-0.05, 0) is 25.1 Å². The Morgan fingerprint density at radius 2 is 2.14 bits per heavy atom. The number of rotatable bonds is 4. The molecule has 0 aliphatic carbocycles. The van der Waals surface area contributed by atoms with Gasteiger partial charge in [0, 0.05) is 6.20 Å². The molecule has 0 bridgehead atoms. The fourth-order valence-electron chi connectivity index (χ4n) is 1.19. The molecule has 1 heterocycles. The van der Waals surface area contributed by atoms with Crippen molar-refractivity contribution >= 4 is 5.69 Å². The summed E-state index contributed by atoms with van der Waals surface area (Å²) in [5.74, 6) is 0. The monoisotopic (exact) mass is 197 g/mol. The molecule has 0 aromatic carbocycles. The highest BCUT2D eigenvalue weighted by Crippen LogP contribution is 2.21. The third-order valence-corrected chi connectivity index (χ3v) is 1.98.